The minimum absolute atomic E-state index is 0.0197. The average Bonchev–Trinajstić information content (AvgIpc) is 3.26. The third-order valence-corrected chi connectivity index (χ3v) is 5.64. The number of rotatable bonds is 4. The number of fused-ring (bicyclic) bond motifs is 1. The van der Waals surface area contributed by atoms with Crippen LogP contribution in [0, 0.1) is 11.3 Å². The molecule has 3 aromatic heterocycles. The summed E-state index contributed by atoms with van der Waals surface area (Å²) in [6.45, 7) is 0. The molecule has 0 fully saturated rings. The zero-order valence-electron chi connectivity index (χ0n) is 16.3. The van der Waals surface area contributed by atoms with Crippen molar-refractivity contribution in [2.45, 2.75) is 0 Å². The largest absolute Gasteiger partial charge is 0.858 e. The number of aromatic nitrogens is 3. The first-order valence-corrected chi connectivity index (χ1v) is 9.56. The highest BCUT2D eigenvalue weighted by atomic mass is 32.1. The molecule has 0 bridgehead atoms. The molecule has 0 aliphatic rings. The number of benzene rings is 1. The van der Waals surface area contributed by atoms with Crippen LogP contribution < -0.4 is 31.6 Å². The minimum atomic E-state index is -0.729. The van der Waals surface area contributed by atoms with Crippen LogP contribution in [0.25, 0.3) is 21.5 Å². The number of nitriles is 1. The topological polar surface area (TPSA) is 183 Å². The number of pyridine rings is 1. The van der Waals surface area contributed by atoms with E-state index in [1.807, 2.05) is 6.07 Å². The number of aliphatic imine (C=N–C) groups is 1. The van der Waals surface area contributed by atoms with Gasteiger partial charge in [0.25, 0.3) is 0 Å². The highest BCUT2D eigenvalue weighted by molar-refractivity contribution is 7.21. The van der Waals surface area contributed by atoms with Crippen LogP contribution in [-0.4, -0.2) is 23.3 Å². The molecule has 0 amide bonds. The van der Waals surface area contributed by atoms with Gasteiger partial charge in [-0.2, -0.15) is 5.26 Å². The maximum Gasteiger partial charge on any atom is 0.435 e. The van der Waals surface area contributed by atoms with Crippen molar-refractivity contribution in [2.75, 3.05) is 18.6 Å². The van der Waals surface area contributed by atoms with Gasteiger partial charge in [0.1, 0.15) is 28.0 Å². The van der Waals surface area contributed by atoms with Gasteiger partial charge in [-0.25, -0.2) is 9.78 Å². The lowest BCUT2D eigenvalue weighted by molar-refractivity contribution is -0.730. The Labute approximate surface area is 178 Å². The Morgan fingerprint density at radius 3 is 2.68 bits per heavy atom. The fraction of sp³-hybridized carbons (Fsp3) is 0.105. The Hall–Kier alpha value is -4.37. The first-order valence-electron chi connectivity index (χ1n) is 8.75. The zero-order chi connectivity index (χ0) is 22.3. The van der Waals surface area contributed by atoms with E-state index < -0.39 is 11.5 Å². The number of nitrogens with one attached hydrogen (secondary N) is 1. The molecule has 0 atom stereocenters. The van der Waals surface area contributed by atoms with Crippen molar-refractivity contribution in [3.8, 4) is 23.1 Å². The number of nitrogen functional groups attached to an aromatic ring is 2. The summed E-state index contributed by atoms with van der Waals surface area (Å²) in [5, 5.41) is 25.1. The molecule has 1 aromatic carbocycles. The molecule has 12 heteroatoms. The smallest absolute Gasteiger partial charge is 0.435 e. The molecule has 11 nitrogen and oxygen atoms in total. The second kappa shape index (κ2) is 7.47. The molecule has 4 aromatic rings. The van der Waals surface area contributed by atoms with Crippen molar-refractivity contribution in [1.29, 1.82) is 5.26 Å². The van der Waals surface area contributed by atoms with E-state index in [0.29, 0.717) is 11.4 Å². The number of aryl methyl sites for hydroxylation is 1. The van der Waals surface area contributed by atoms with Crippen molar-refractivity contribution >= 4 is 44.6 Å². The molecule has 0 aliphatic heterocycles. The molecule has 156 valence electrons. The van der Waals surface area contributed by atoms with Gasteiger partial charge in [-0.05, 0) is 29.5 Å². The lowest BCUT2D eigenvalue weighted by atomic mass is 10.0. The highest BCUT2D eigenvalue weighted by Crippen LogP contribution is 2.41. The van der Waals surface area contributed by atoms with Crippen LogP contribution in [0.4, 0.5) is 17.2 Å². The number of hydrogen-bond acceptors (Lipinski definition) is 10. The fourth-order valence-electron chi connectivity index (χ4n) is 3.11. The van der Waals surface area contributed by atoms with E-state index in [1.54, 1.807) is 24.3 Å². The molecule has 0 saturated carbocycles. The number of H-pyrrole nitrogens is 1. The van der Waals surface area contributed by atoms with Crippen LogP contribution in [0.15, 0.2) is 38.6 Å². The number of nitrogens with two attached hydrogens (primary N) is 2. The van der Waals surface area contributed by atoms with Gasteiger partial charge in [0.15, 0.2) is 7.05 Å². The summed E-state index contributed by atoms with van der Waals surface area (Å²) < 4.78 is 11.2. The molecule has 5 N–H and O–H groups in total. The normalized spacial score (nSPS) is 11.6. The summed E-state index contributed by atoms with van der Waals surface area (Å²) in [6.07, 6.45) is 0. The third kappa shape index (κ3) is 3.22. The molecule has 31 heavy (non-hydrogen) atoms. The van der Waals surface area contributed by atoms with Crippen LogP contribution >= 0.6 is 11.3 Å². The quantitative estimate of drug-likeness (QED) is 0.235. The summed E-state index contributed by atoms with van der Waals surface area (Å²) >= 11 is 0.970. The molecule has 0 aliphatic carbocycles. The zero-order valence-corrected chi connectivity index (χ0v) is 17.1. The first-order chi connectivity index (χ1) is 14.8. The molecule has 0 saturated heterocycles. The van der Waals surface area contributed by atoms with E-state index in [0.717, 1.165) is 11.3 Å². The van der Waals surface area contributed by atoms with Crippen molar-refractivity contribution in [3.05, 3.63) is 45.1 Å². The summed E-state index contributed by atoms with van der Waals surface area (Å²) in [5.41, 5.74) is 12.1. The second-order valence-electron chi connectivity index (χ2n) is 6.39. The van der Waals surface area contributed by atoms with Crippen LogP contribution in [0.5, 0.6) is 5.75 Å². The van der Waals surface area contributed by atoms with E-state index in [2.05, 4.69) is 15.2 Å². The Bertz CT molecular complexity index is 1440. The number of aromatic amines is 1. The Kier molecular flexibility index (Phi) is 4.80. The number of nitrogens with zero attached hydrogens (tertiary/aromatic N) is 4. The van der Waals surface area contributed by atoms with Gasteiger partial charge in [0.2, 0.25) is 0 Å². The van der Waals surface area contributed by atoms with Crippen molar-refractivity contribution < 1.29 is 19.0 Å². The van der Waals surface area contributed by atoms with Gasteiger partial charge >= 0.3 is 11.3 Å². The van der Waals surface area contributed by atoms with Crippen LogP contribution in [0.3, 0.4) is 0 Å². The van der Waals surface area contributed by atoms with Crippen molar-refractivity contribution in [1.82, 2.24) is 10.3 Å². The van der Waals surface area contributed by atoms with E-state index in [-0.39, 0.29) is 43.4 Å². The lowest BCUT2D eigenvalue weighted by Gasteiger charge is -2.10. The Balaban J connectivity index is 1.97. The van der Waals surface area contributed by atoms with Gasteiger partial charge in [-0.15, -0.1) is 11.3 Å². The van der Waals surface area contributed by atoms with Gasteiger partial charge in [-0.1, -0.05) is 4.68 Å². The third-order valence-electron chi connectivity index (χ3n) is 4.55. The standard InChI is InChI=1S/C19H15N7O4S/c1-26-14(19(28)30-25-26)11-10(7-20)16(22)24-18-12(11)13(21)15(31-18)17(27)23-8-3-5-9(29-2)6-4-8/h3-6H,1-2H3,(H5-,21,22,23,24,25,27,28). The molecule has 0 spiro atoms. The summed E-state index contributed by atoms with van der Waals surface area (Å²) in [4.78, 5) is 21.0. The fourth-order valence-corrected chi connectivity index (χ4v) is 4.11. The summed E-state index contributed by atoms with van der Waals surface area (Å²) in [7, 11) is 3.06. The molecular weight excluding hydrogens is 422 g/mol. The highest BCUT2D eigenvalue weighted by Gasteiger charge is 2.31. The minimum Gasteiger partial charge on any atom is -0.858 e. The molecule has 0 radical (unpaired) electrons. The van der Waals surface area contributed by atoms with Crippen LogP contribution in [0.2, 0.25) is 0 Å². The maximum absolute atomic E-state index is 12.8. The SMILES string of the molecule is COc1ccc(N=C([O-])c2sc3nc(N)c(C#N)c(-c4c(=O)o[nH][n+]4C)c3c2N)cc1. The molecule has 0 unspecified atom stereocenters. The monoisotopic (exact) mass is 437 g/mol. The van der Waals surface area contributed by atoms with Gasteiger partial charge < -0.3 is 21.3 Å². The second-order valence-corrected chi connectivity index (χ2v) is 7.39. The first kappa shape index (κ1) is 19.9. The average molecular weight is 437 g/mol. The Morgan fingerprint density at radius 1 is 1.39 bits per heavy atom. The number of ether oxygens (including phenoxy) is 1. The van der Waals surface area contributed by atoms with Gasteiger partial charge in [0.05, 0.1) is 34.3 Å². The number of thiophene rings is 1. The number of hydrogen-bond donors (Lipinski definition) is 3. The number of anilines is 2. The lowest BCUT2D eigenvalue weighted by Crippen LogP contribution is -2.34. The van der Waals surface area contributed by atoms with E-state index in [4.69, 9.17) is 20.7 Å². The van der Waals surface area contributed by atoms with Gasteiger partial charge in [0, 0.05) is 5.90 Å². The maximum atomic E-state index is 12.8. The predicted octanol–water partition coefficient (Wildman–Crippen LogP) is 0.552. The van der Waals surface area contributed by atoms with E-state index in [1.165, 1.54) is 18.8 Å². The van der Waals surface area contributed by atoms with Crippen molar-refractivity contribution in [2.24, 2.45) is 12.0 Å². The Morgan fingerprint density at radius 2 is 2.10 bits per heavy atom. The van der Waals surface area contributed by atoms with E-state index >= 15 is 0 Å². The summed E-state index contributed by atoms with van der Waals surface area (Å²) in [5.74, 6) is -0.0727. The van der Waals surface area contributed by atoms with Gasteiger partial charge in [-0.3, -0.25) is 9.52 Å². The van der Waals surface area contributed by atoms with E-state index in [9.17, 15) is 15.2 Å². The van der Waals surface area contributed by atoms with Crippen LogP contribution in [0.1, 0.15) is 10.4 Å². The predicted molar refractivity (Wildman–Crippen MR) is 112 cm³/mol. The number of methoxy groups -OCH3 is 1. The molecular formula is C19H15N7O4S. The van der Waals surface area contributed by atoms with Crippen molar-refractivity contribution in [3.63, 3.8) is 0 Å². The summed E-state index contributed by atoms with van der Waals surface area (Å²) in [6, 6.07) is 8.54. The molecule has 4 rings (SSSR count). The van der Waals surface area contributed by atoms with Crippen LogP contribution in [-0.2, 0) is 7.05 Å². The molecule has 3 heterocycles.